The molecule has 2 aromatic carbocycles. The van der Waals surface area contributed by atoms with Crippen molar-refractivity contribution in [1.29, 1.82) is 0 Å². The molecule has 0 saturated heterocycles. The van der Waals surface area contributed by atoms with Gasteiger partial charge in [0, 0.05) is 11.7 Å². The minimum absolute atomic E-state index is 0.338. The summed E-state index contributed by atoms with van der Waals surface area (Å²) >= 11 is 5.41. The zero-order valence-electron chi connectivity index (χ0n) is 14.2. The number of hydrogen-bond donors (Lipinski definition) is 2. The summed E-state index contributed by atoms with van der Waals surface area (Å²) < 4.78 is 0. The van der Waals surface area contributed by atoms with Gasteiger partial charge in [0.25, 0.3) is 0 Å². The molecule has 0 bridgehead atoms. The minimum Gasteiger partial charge on any atom is -0.360 e. The molecule has 23 heavy (non-hydrogen) atoms. The Morgan fingerprint density at radius 2 is 1.61 bits per heavy atom. The van der Waals surface area contributed by atoms with Crippen LogP contribution in [0.15, 0.2) is 54.6 Å². The van der Waals surface area contributed by atoms with E-state index in [0.29, 0.717) is 17.1 Å². The van der Waals surface area contributed by atoms with Crippen LogP contribution in [0.1, 0.15) is 44.2 Å². The summed E-state index contributed by atoms with van der Waals surface area (Å²) in [6, 6.07) is 19.3. The molecule has 0 amide bonds. The van der Waals surface area contributed by atoms with E-state index in [0.717, 1.165) is 18.5 Å². The number of thiocarbonyl (C=S) groups is 1. The summed E-state index contributed by atoms with van der Waals surface area (Å²) in [5, 5.41) is 7.30. The van der Waals surface area contributed by atoms with Crippen molar-refractivity contribution < 1.29 is 0 Å². The van der Waals surface area contributed by atoms with Crippen molar-refractivity contribution in [2.45, 2.75) is 45.6 Å². The highest BCUT2D eigenvalue weighted by atomic mass is 32.1. The average molecular weight is 327 g/mol. The maximum absolute atomic E-state index is 5.41. The fourth-order valence-corrected chi connectivity index (χ4v) is 2.76. The van der Waals surface area contributed by atoms with Gasteiger partial charge in [-0.15, -0.1) is 0 Å². The van der Waals surface area contributed by atoms with Gasteiger partial charge in [-0.1, -0.05) is 56.3 Å². The molecule has 0 spiro atoms. The third-order valence-corrected chi connectivity index (χ3v) is 4.14. The van der Waals surface area contributed by atoms with Crippen LogP contribution < -0.4 is 10.6 Å². The molecule has 122 valence electrons. The lowest BCUT2D eigenvalue weighted by molar-refractivity contribution is 0.609. The predicted molar refractivity (Wildman–Crippen MR) is 104 cm³/mol. The first kappa shape index (κ1) is 17.5. The zero-order chi connectivity index (χ0) is 16.7. The molecule has 3 heteroatoms. The lowest BCUT2D eigenvalue weighted by Crippen LogP contribution is -2.36. The first-order valence-corrected chi connectivity index (χ1v) is 8.67. The van der Waals surface area contributed by atoms with Crippen molar-refractivity contribution in [1.82, 2.24) is 5.32 Å². The first-order chi connectivity index (χ1) is 11.0. The monoisotopic (exact) mass is 326 g/mol. The lowest BCUT2D eigenvalue weighted by Gasteiger charge is -2.17. The third kappa shape index (κ3) is 6.03. The first-order valence-electron chi connectivity index (χ1n) is 8.26. The fourth-order valence-electron chi connectivity index (χ4n) is 2.44. The molecule has 2 N–H and O–H groups in total. The molecular weight excluding hydrogens is 300 g/mol. The van der Waals surface area contributed by atoms with E-state index in [2.05, 4.69) is 86.0 Å². The van der Waals surface area contributed by atoms with Gasteiger partial charge in [-0.3, -0.25) is 0 Å². The molecule has 0 fully saturated rings. The second-order valence-electron chi connectivity index (χ2n) is 6.30. The van der Waals surface area contributed by atoms with E-state index in [-0.39, 0.29) is 0 Å². The zero-order valence-corrected chi connectivity index (χ0v) is 15.0. The van der Waals surface area contributed by atoms with E-state index in [1.807, 2.05) is 0 Å². The van der Waals surface area contributed by atoms with Crippen LogP contribution in [-0.2, 0) is 6.42 Å². The molecule has 0 unspecified atom stereocenters. The molecule has 0 radical (unpaired) electrons. The number of anilines is 1. The lowest BCUT2D eigenvalue weighted by atomic mass is 10.0. The maximum atomic E-state index is 5.41. The van der Waals surface area contributed by atoms with Crippen molar-refractivity contribution in [2.24, 2.45) is 0 Å². The van der Waals surface area contributed by atoms with Gasteiger partial charge in [0.15, 0.2) is 5.11 Å². The van der Waals surface area contributed by atoms with E-state index in [9.17, 15) is 0 Å². The Bertz CT molecular complexity index is 605. The molecule has 2 aromatic rings. The van der Waals surface area contributed by atoms with Gasteiger partial charge in [-0.25, -0.2) is 0 Å². The van der Waals surface area contributed by atoms with Crippen molar-refractivity contribution in [3.8, 4) is 0 Å². The molecule has 0 heterocycles. The summed E-state index contributed by atoms with van der Waals surface area (Å²) in [5.74, 6) is 0.548. The van der Waals surface area contributed by atoms with Crippen LogP contribution >= 0.6 is 12.2 Å². The number of benzene rings is 2. The highest BCUT2D eigenvalue weighted by Gasteiger charge is 2.05. The van der Waals surface area contributed by atoms with Gasteiger partial charge in [-0.2, -0.15) is 0 Å². The van der Waals surface area contributed by atoms with Crippen molar-refractivity contribution in [3.05, 3.63) is 65.7 Å². The largest absolute Gasteiger partial charge is 0.360 e. The summed E-state index contributed by atoms with van der Waals surface area (Å²) in [5.41, 5.74) is 3.73. The van der Waals surface area contributed by atoms with Gasteiger partial charge in [0.2, 0.25) is 0 Å². The van der Waals surface area contributed by atoms with Crippen LogP contribution in [0.25, 0.3) is 0 Å². The topological polar surface area (TPSA) is 24.1 Å². The van der Waals surface area contributed by atoms with Gasteiger partial charge in [0.05, 0.1) is 0 Å². The van der Waals surface area contributed by atoms with E-state index in [1.165, 1.54) is 11.1 Å². The van der Waals surface area contributed by atoms with Gasteiger partial charge in [-0.05, 0) is 61.2 Å². The van der Waals surface area contributed by atoms with E-state index in [4.69, 9.17) is 12.2 Å². The number of hydrogen-bond acceptors (Lipinski definition) is 1. The van der Waals surface area contributed by atoms with Gasteiger partial charge in [0.1, 0.15) is 0 Å². The Kier molecular flexibility index (Phi) is 6.60. The number of rotatable bonds is 6. The SMILES string of the molecule is CC(C)c1ccc(NC(=S)N[C@@H](C)CCc2ccccc2)cc1. The highest BCUT2D eigenvalue weighted by Crippen LogP contribution is 2.17. The summed E-state index contributed by atoms with van der Waals surface area (Å²) in [6.45, 7) is 6.56. The van der Waals surface area contributed by atoms with E-state index >= 15 is 0 Å². The molecule has 0 aliphatic heterocycles. The van der Waals surface area contributed by atoms with Crippen LogP contribution in [0.4, 0.5) is 5.69 Å². The molecule has 2 nitrogen and oxygen atoms in total. The molecule has 0 aromatic heterocycles. The normalized spacial score (nSPS) is 12.0. The Balaban J connectivity index is 1.77. The van der Waals surface area contributed by atoms with Crippen LogP contribution in [0.5, 0.6) is 0 Å². The molecule has 0 aliphatic rings. The van der Waals surface area contributed by atoms with Crippen molar-refractivity contribution in [3.63, 3.8) is 0 Å². The third-order valence-electron chi connectivity index (χ3n) is 3.92. The highest BCUT2D eigenvalue weighted by molar-refractivity contribution is 7.80. The van der Waals surface area contributed by atoms with E-state index < -0.39 is 0 Å². The Labute approximate surface area is 145 Å². The predicted octanol–water partition coefficient (Wildman–Crippen LogP) is 5.12. The van der Waals surface area contributed by atoms with Crippen LogP contribution in [0.2, 0.25) is 0 Å². The smallest absolute Gasteiger partial charge is 0.170 e. The van der Waals surface area contributed by atoms with Gasteiger partial charge < -0.3 is 10.6 Å². The Hall–Kier alpha value is -1.87. The number of aryl methyl sites for hydroxylation is 1. The summed E-state index contributed by atoms with van der Waals surface area (Å²) in [7, 11) is 0. The molecule has 0 saturated carbocycles. The average Bonchev–Trinajstić information content (AvgIpc) is 2.54. The van der Waals surface area contributed by atoms with Crippen LogP contribution in [0, 0.1) is 0 Å². The van der Waals surface area contributed by atoms with Crippen LogP contribution in [0.3, 0.4) is 0 Å². The molecular formula is C20H26N2S. The van der Waals surface area contributed by atoms with Crippen molar-refractivity contribution in [2.75, 3.05) is 5.32 Å². The fraction of sp³-hybridized carbons (Fsp3) is 0.350. The molecule has 1 atom stereocenters. The van der Waals surface area contributed by atoms with Crippen molar-refractivity contribution >= 4 is 23.0 Å². The van der Waals surface area contributed by atoms with E-state index in [1.54, 1.807) is 0 Å². The molecule has 2 rings (SSSR count). The van der Waals surface area contributed by atoms with Gasteiger partial charge >= 0.3 is 0 Å². The maximum Gasteiger partial charge on any atom is 0.170 e. The Morgan fingerprint density at radius 1 is 0.957 bits per heavy atom. The number of nitrogens with one attached hydrogen (secondary N) is 2. The van der Waals surface area contributed by atoms with Crippen LogP contribution in [-0.4, -0.2) is 11.2 Å². The standard InChI is InChI=1S/C20H26N2S/c1-15(2)18-11-13-19(14-12-18)22-20(23)21-16(3)9-10-17-7-5-4-6-8-17/h4-8,11-16H,9-10H2,1-3H3,(H2,21,22,23)/t16-/m0/s1. The second kappa shape index (κ2) is 8.68. The Morgan fingerprint density at radius 3 is 2.22 bits per heavy atom. The summed E-state index contributed by atoms with van der Waals surface area (Å²) in [6.07, 6.45) is 2.11. The summed E-state index contributed by atoms with van der Waals surface area (Å²) in [4.78, 5) is 0. The quantitative estimate of drug-likeness (QED) is 0.721. The second-order valence-corrected chi connectivity index (χ2v) is 6.71. The minimum atomic E-state index is 0.338. The molecule has 0 aliphatic carbocycles.